The number of aryl methyl sites for hydroxylation is 1. The summed E-state index contributed by atoms with van der Waals surface area (Å²) < 4.78 is 1.77. The van der Waals surface area contributed by atoms with Crippen LogP contribution in [0.15, 0.2) is 12.3 Å². The fraction of sp³-hybridized carbons (Fsp3) is 0.667. The largest absolute Gasteiger partial charge is 0.352 e. The van der Waals surface area contributed by atoms with Gasteiger partial charge in [-0.15, -0.1) is 0 Å². The Hall–Kier alpha value is -1.32. The van der Waals surface area contributed by atoms with Gasteiger partial charge in [0.25, 0.3) is 0 Å². The SMILES string of the molecule is Cc1ccnn1[C@@H](C)C(=O)NC1CCCC1. The number of hydrogen-bond acceptors (Lipinski definition) is 2. The molecule has 88 valence electrons. The molecule has 4 heteroatoms. The number of carbonyl (C=O) groups excluding carboxylic acids is 1. The van der Waals surface area contributed by atoms with Gasteiger partial charge in [-0.25, -0.2) is 0 Å². The van der Waals surface area contributed by atoms with Crippen LogP contribution < -0.4 is 5.32 Å². The van der Waals surface area contributed by atoms with Gasteiger partial charge in [0.1, 0.15) is 6.04 Å². The van der Waals surface area contributed by atoms with E-state index in [1.54, 1.807) is 10.9 Å². The Morgan fingerprint density at radius 3 is 2.81 bits per heavy atom. The van der Waals surface area contributed by atoms with E-state index in [2.05, 4.69) is 10.4 Å². The Labute approximate surface area is 96.0 Å². The maximum Gasteiger partial charge on any atom is 0.244 e. The van der Waals surface area contributed by atoms with Crippen LogP contribution in [0.4, 0.5) is 0 Å². The van der Waals surface area contributed by atoms with E-state index in [0.717, 1.165) is 18.5 Å². The molecule has 0 unspecified atom stereocenters. The molecule has 1 aromatic heterocycles. The number of aromatic nitrogens is 2. The van der Waals surface area contributed by atoms with Gasteiger partial charge in [0.05, 0.1) is 0 Å². The van der Waals surface area contributed by atoms with E-state index in [0.29, 0.717) is 6.04 Å². The molecule has 0 spiro atoms. The van der Waals surface area contributed by atoms with Crippen LogP contribution in [0.25, 0.3) is 0 Å². The third-order valence-electron chi connectivity index (χ3n) is 3.32. The summed E-state index contributed by atoms with van der Waals surface area (Å²) in [4.78, 5) is 12.0. The Morgan fingerprint density at radius 1 is 1.56 bits per heavy atom. The van der Waals surface area contributed by atoms with Crippen LogP contribution in [0.1, 0.15) is 44.3 Å². The molecule has 0 bridgehead atoms. The first kappa shape index (κ1) is 11.2. The van der Waals surface area contributed by atoms with Crippen LogP contribution in [0.5, 0.6) is 0 Å². The summed E-state index contributed by atoms with van der Waals surface area (Å²) in [6, 6.07) is 2.08. The lowest BCUT2D eigenvalue weighted by atomic mass is 10.2. The fourth-order valence-corrected chi connectivity index (χ4v) is 2.29. The molecule has 1 saturated carbocycles. The Morgan fingerprint density at radius 2 is 2.25 bits per heavy atom. The van der Waals surface area contributed by atoms with Crippen molar-refractivity contribution in [1.82, 2.24) is 15.1 Å². The lowest BCUT2D eigenvalue weighted by Crippen LogP contribution is -2.37. The van der Waals surface area contributed by atoms with Crippen LogP contribution in [0.2, 0.25) is 0 Å². The average Bonchev–Trinajstić information content (AvgIpc) is 2.88. The minimum absolute atomic E-state index is 0.0821. The second kappa shape index (κ2) is 4.68. The van der Waals surface area contributed by atoms with Gasteiger partial charge in [-0.3, -0.25) is 9.48 Å². The van der Waals surface area contributed by atoms with Crippen LogP contribution in [-0.4, -0.2) is 21.7 Å². The van der Waals surface area contributed by atoms with Crippen molar-refractivity contribution in [2.24, 2.45) is 0 Å². The number of nitrogens with zero attached hydrogens (tertiary/aromatic N) is 2. The molecule has 1 N–H and O–H groups in total. The average molecular weight is 221 g/mol. The normalized spacial score (nSPS) is 18.6. The number of carbonyl (C=O) groups is 1. The van der Waals surface area contributed by atoms with E-state index in [9.17, 15) is 4.79 Å². The van der Waals surface area contributed by atoms with Crippen LogP contribution in [0.3, 0.4) is 0 Å². The predicted octanol–water partition coefficient (Wildman–Crippen LogP) is 1.81. The second-order valence-electron chi connectivity index (χ2n) is 4.58. The highest BCUT2D eigenvalue weighted by Gasteiger charge is 2.22. The van der Waals surface area contributed by atoms with Gasteiger partial charge < -0.3 is 5.32 Å². The number of nitrogens with one attached hydrogen (secondary N) is 1. The number of amides is 1. The summed E-state index contributed by atoms with van der Waals surface area (Å²) in [5, 5.41) is 7.26. The summed E-state index contributed by atoms with van der Waals surface area (Å²) in [5.41, 5.74) is 1.02. The summed E-state index contributed by atoms with van der Waals surface area (Å²) in [5.74, 6) is 0.0821. The van der Waals surface area contributed by atoms with Gasteiger partial charge in [-0.1, -0.05) is 12.8 Å². The lowest BCUT2D eigenvalue weighted by molar-refractivity contribution is -0.124. The first-order valence-electron chi connectivity index (χ1n) is 5.99. The molecule has 16 heavy (non-hydrogen) atoms. The summed E-state index contributed by atoms with van der Waals surface area (Å²) in [7, 11) is 0. The predicted molar refractivity (Wildman–Crippen MR) is 62.1 cm³/mol. The Balaban J connectivity index is 1.96. The minimum Gasteiger partial charge on any atom is -0.352 e. The van der Waals surface area contributed by atoms with Gasteiger partial charge in [0.15, 0.2) is 0 Å². The van der Waals surface area contributed by atoms with Crippen molar-refractivity contribution in [3.63, 3.8) is 0 Å². The molecule has 1 fully saturated rings. The third-order valence-corrected chi connectivity index (χ3v) is 3.32. The number of hydrogen-bond donors (Lipinski definition) is 1. The Kier molecular flexibility index (Phi) is 3.27. The van der Waals surface area contributed by atoms with Gasteiger partial charge in [0, 0.05) is 17.9 Å². The van der Waals surface area contributed by atoms with E-state index in [1.807, 2.05) is 19.9 Å². The van der Waals surface area contributed by atoms with Gasteiger partial charge in [-0.2, -0.15) is 5.10 Å². The molecule has 1 aliphatic rings. The van der Waals surface area contributed by atoms with Crippen molar-refractivity contribution in [2.45, 2.75) is 51.6 Å². The molecular weight excluding hydrogens is 202 g/mol. The van der Waals surface area contributed by atoms with Crippen molar-refractivity contribution >= 4 is 5.91 Å². The molecule has 0 radical (unpaired) electrons. The highest BCUT2D eigenvalue weighted by molar-refractivity contribution is 5.80. The van der Waals surface area contributed by atoms with E-state index in [4.69, 9.17) is 0 Å². The lowest BCUT2D eigenvalue weighted by Gasteiger charge is -2.17. The van der Waals surface area contributed by atoms with Crippen molar-refractivity contribution < 1.29 is 4.79 Å². The fourth-order valence-electron chi connectivity index (χ4n) is 2.29. The van der Waals surface area contributed by atoms with Crippen molar-refractivity contribution in [2.75, 3.05) is 0 Å². The first-order valence-corrected chi connectivity index (χ1v) is 5.99. The minimum atomic E-state index is -0.212. The van der Waals surface area contributed by atoms with Crippen LogP contribution in [0, 0.1) is 6.92 Å². The third kappa shape index (κ3) is 2.26. The topological polar surface area (TPSA) is 46.9 Å². The molecule has 2 rings (SSSR count). The van der Waals surface area contributed by atoms with Crippen molar-refractivity contribution in [3.05, 3.63) is 18.0 Å². The zero-order chi connectivity index (χ0) is 11.5. The molecule has 0 aromatic carbocycles. The second-order valence-corrected chi connectivity index (χ2v) is 4.58. The molecule has 0 aliphatic heterocycles. The summed E-state index contributed by atoms with van der Waals surface area (Å²) in [6.45, 7) is 3.86. The monoisotopic (exact) mass is 221 g/mol. The van der Waals surface area contributed by atoms with Crippen molar-refractivity contribution in [3.8, 4) is 0 Å². The molecule has 1 heterocycles. The van der Waals surface area contributed by atoms with E-state index in [-0.39, 0.29) is 11.9 Å². The number of rotatable bonds is 3. The highest BCUT2D eigenvalue weighted by atomic mass is 16.2. The quantitative estimate of drug-likeness (QED) is 0.846. The smallest absolute Gasteiger partial charge is 0.244 e. The van der Waals surface area contributed by atoms with Gasteiger partial charge >= 0.3 is 0 Å². The molecule has 1 atom stereocenters. The summed E-state index contributed by atoms with van der Waals surface area (Å²) >= 11 is 0. The molecule has 1 aromatic rings. The van der Waals surface area contributed by atoms with Crippen molar-refractivity contribution in [1.29, 1.82) is 0 Å². The van der Waals surface area contributed by atoms with E-state index >= 15 is 0 Å². The van der Waals surface area contributed by atoms with E-state index < -0.39 is 0 Å². The highest BCUT2D eigenvalue weighted by Crippen LogP contribution is 2.18. The maximum absolute atomic E-state index is 12.0. The molecular formula is C12H19N3O. The standard InChI is InChI=1S/C12H19N3O/c1-9-7-8-13-15(9)10(2)12(16)14-11-5-3-4-6-11/h7-8,10-11H,3-6H2,1-2H3,(H,14,16)/t10-/m0/s1. The van der Waals surface area contributed by atoms with Crippen LogP contribution in [-0.2, 0) is 4.79 Å². The molecule has 1 aliphatic carbocycles. The Bertz CT molecular complexity index is 366. The first-order chi connectivity index (χ1) is 7.68. The van der Waals surface area contributed by atoms with Gasteiger partial charge in [0.2, 0.25) is 5.91 Å². The molecule has 4 nitrogen and oxygen atoms in total. The van der Waals surface area contributed by atoms with E-state index in [1.165, 1.54) is 12.8 Å². The zero-order valence-corrected chi connectivity index (χ0v) is 9.94. The van der Waals surface area contributed by atoms with Crippen LogP contribution >= 0.6 is 0 Å². The zero-order valence-electron chi connectivity index (χ0n) is 9.94. The molecule has 1 amide bonds. The maximum atomic E-state index is 12.0. The summed E-state index contributed by atoms with van der Waals surface area (Å²) in [6.07, 6.45) is 6.45. The molecule has 0 saturated heterocycles. The van der Waals surface area contributed by atoms with Gasteiger partial charge in [-0.05, 0) is 32.8 Å².